The molecule has 0 radical (unpaired) electrons. The second-order valence-electron chi connectivity index (χ2n) is 5.75. The van der Waals surface area contributed by atoms with Gasteiger partial charge in [0, 0.05) is 38.2 Å². The Labute approximate surface area is 112 Å². The van der Waals surface area contributed by atoms with Gasteiger partial charge < -0.3 is 19.9 Å². The molecule has 2 atom stereocenters. The van der Waals surface area contributed by atoms with Crippen molar-refractivity contribution in [2.75, 3.05) is 59.5 Å². The first-order chi connectivity index (χ1) is 8.79. The van der Waals surface area contributed by atoms with E-state index >= 15 is 0 Å². The molecule has 1 N–H and O–H groups in total. The maximum atomic E-state index is 5.68. The van der Waals surface area contributed by atoms with E-state index in [4.69, 9.17) is 4.74 Å². The van der Waals surface area contributed by atoms with Gasteiger partial charge in [0.25, 0.3) is 0 Å². The predicted molar refractivity (Wildman–Crippen MR) is 74.9 cm³/mol. The number of rotatable bonds is 4. The van der Waals surface area contributed by atoms with Crippen molar-refractivity contribution in [3.05, 3.63) is 0 Å². The third-order valence-electron chi connectivity index (χ3n) is 4.25. The molecule has 0 amide bonds. The van der Waals surface area contributed by atoms with Crippen LogP contribution < -0.4 is 5.32 Å². The predicted octanol–water partition coefficient (Wildman–Crippen LogP) is 0.639. The van der Waals surface area contributed by atoms with Gasteiger partial charge in [-0.2, -0.15) is 0 Å². The molecule has 18 heavy (non-hydrogen) atoms. The lowest BCUT2D eigenvalue weighted by Gasteiger charge is -2.35. The summed E-state index contributed by atoms with van der Waals surface area (Å²) < 4.78 is 5.68. The number of likely N-dealkylation sites (N-methyl/N-ethyl adjacent to an activating group) is 1. The highest BCUT2D eigenvalue weighted by molar-refractivity contribution is 4.82. The Kier molecular flexibility index (Phi) is 5.89. The molecule has 4 nitrogen and oxygen atoms in total. The van der Waals surface area contributed by atoms with E-state index in [-0.39, 0.29) is 0 Å². The first-order valence-electron chi connectivity index (χ1n) is 7.51. The molecule has 0 spiro atoms. The van der Waals surface area contributed by atoms with E-state index in [1.807, 2.05) is 0 Å². The van der Waals surface area contributed by atoms with E-state index in [1.165, 1.54) is 45.6 Å². The molecule has 2 saturated heterocycles. The van der Waals surface area contributed by atoms with Crippen LogP contribution in [0.5, 0.6) is 0 Å². The van der Waals surface area contributed by atoms with Gasteiger partial charge in [0.2, 0.25) is 0 Å². The quantitative estimate of drug-likeness (QED) is 0.798. The molecule has 2 heterocycles. The molecule has 0 aromatic rings. The van der Waals surface area contributed by atoms with E-state index in [0.717, 1.165) is 19.8 Å². The Bertz CT molecular complexity index is 235. The van der Waals surface area contributed by atoms with Crippen LogP contribution in [0.4, 0.5) is 0 Å². The third-order valence-corrected chi connectivity index (χ3v) is 4.25. The minimum atomic E-state index is 0.657. The van der Waals surface area contributed by atoms with Crippen molar-refractivity contribution in [2.24, 2.45) is 5.92 Å². The van der Waals surface area contributed by atoms with E-state index in [9.17, 15) is 0 Å². The minimum Gasteiger partial charge on any atom is -0.381 e. The van der Waals surface area contributed by atoms with Gasteiger partial charge >= 0.3 is 0 Å². The van der Waals surface area contributed by atoms with Gasteiger partial charge in [-0.25, -0.2) is 0 Å². The highest BCUT2D eigenvalue weighted by Crippen LogP contribution is 2.17. The molecule has 0 aromatic heterocycles. The van der Waals surface area contributed by atoms with Crippen molar-refractivity contribution in [3.8, 4) is 0 Å². The van der Waals surface area contributed by atoms with Crippen LogP contribution >= 0.6 is 0 Å². The summed E-state index contributed by atoms with van der Waals surface area (Å²) in [5, 5.41) is 3.63. The summed E-state index contributed by atoms with van der Waals surface area (Å²) in [6.45, 7) is 11.3. The molecular formula is C14H29N3O. The Morgan fingerprint density at radius 1 is 1.22 bits per heavy atom. The number of ether oxygens (including phenoxy) is 1. The molecule has 106 valence electrons. The lowest BCUT2D eigenvalue weighted by molar-refractivity contribution is 0.0175. The average molecular weight is 255 g/mol. The maximum Gasteiger partial charge on any atom is 0.0521 e. The molecular weight excluding hydrogens is 226 g/mol. The van der Waals surface area contributed by atoms with Crippen LogP contribution in [-0.4, -0.2) is 75.4 Å². The molecule has 4 heteroatoms. The normalized spacial score (nSPS) is 32.3. The second kappa shape index (κ2) is 7.43. The topological polar surface area (TPSA) is 27.7 Å². The monoisotopic (exact) mass is 255 g/mol. The summed E-state index contributed by atoms with van der Waals surface area (Å²) in [5.41, 5.74) is 0. The van der Waals surface area contributed by atoms with Crippen molar-refractivity contribution in [1.82, 2.24) is 15.1 Å². The van der Waals surface area contributed by atoms with Crippen molar-refractivity contribution in [1.29, 1.82) is 0 Å². The summed E-state index contributed by atoms with van der Waals surface area (Å²) in [6.07, 6.45) is 2.47. The Hall–Kier alpha value is -0.160. The smallest absolute Gasteiger partial charge is 0.0521 e. The van der Waals surface area contributed by atoms with Crippen molar-refractivity contribution in [3.63, 3.8) is 0 Å². The summed E-state index contributed by atoms with van der Waals surface area (Å²) in [5.74, 6) is 0.669. The van der Waals surface area contributed by atoms with Crippen LogP contribution in [-0.2, 0) is 4.74 Å². The molecule has 2 aliphatic heterocycles. The highest BCUT2D eigenvalue weighted by Gasteiger charge is 2.27. The fourth-order valence-corrected chi connectivity index (χ4v) is 3.12. The Morgan fingerprint density at radius 2 is 2.11 bits per heavy atom. The average Bonchev–Trinajstić information content (AvgIpc) is 2.57. The molecule has 0 bridgehead atoms. The van der Waals surface area contributed by atoms with Gasteiger partial charge in [0.05, 0.1) is 6.61 Å². The van der Waals surface area contributed by atoms with Gasteiger partial charge in [0.15, 0.2) is 0 Å². The molecule has 2 fully saturated rings. The number of hydrogen-bond acceptors (Lipinski definition) is 4. The standard InChI is InChI=1S/C14H29N3O/c1-3-15-14-5-10-18-12-13(14)11-17-7-4-6-16(2)8-9-17/h13-15H,3-12H2,1-2H3. The van der Waals surface area contributed by atoms with Crippen LogP contribution in [0.3, 0.4) is 0 Å². The van der Waals surface area contributed by atoms with Crippen LogP contribution in [0.1, 0.15) is 19.8 Å². The van der Waals surface area contributed by atoms with Crippen LogP contribution in [0.2, 0.25) is 0 Å². The largest absolute Gasteiger partial charge is 0.381 e. The van der Waals surface area contributed by atoms with Gasteiger partial charge in [-0.15, -0.1) is 0 Å². The number of nitrogens with zero attached hydrogens (tertiary/aromatic N) is 2. The Morgan fingerprint density at radius 3 is 2.94 bits per heavy atom. The van der Waals surface area contributed by atoms with Gasteiger partial charge in [0.1, 0.15) is 0 Å². The molecule has 0 aromatic carbocycles. The lowest BCUT2D eigenvalue weighted by atomic mass is 9.95. The van der Waals surface area contributed by atoms with E-state index < -0.39 is 0 Å². The maximum absolute atomic E-state index is 5.68. The summed E-state index contributed by atoms with van der Waals surface area (Å²) in [6, 6.07) is 0.657. The van der Waals surface area contributed by atoms with Crippen molar-refractivity contribution >= 4 is 0 Å². The number of nitrogens with one attached hydrogen (secondary N) is 1. The first-order valence-corrected chi connectivity index (χ1v) is 7.51. The van der Waals surface area contributed by atoms with E-state index in [0.29, 0.717) is 12.0 Å². The molecule has 0 saturated carbocycles. The fourth-order valence-electron chi connectivity index (χ4n) is 3.12. The minimum absolute atomic E-state index is 0.657. The third kappa shape index (κ3) is 4.19. The van der Waals surface area contributed by atoms with Crippen molar-refractivity contribution < 1.29 is 4.74 Å². The summed E-state index contributed by atoms with van der Waals surface area (Å²) in [7, 11) is 2.23. The SMILES string of the molecule is CCNC1CCOCC1CN1CCCN(C)CC1. The zero-order valence-electron chi connectivity index (χ0n) is 12.0. The summed E-state index contributed by atoms with van der Waals surface area (Å²) >= 11 is 0. The number of hydrogen-bond donors (Lipinski definition) is 1. The lowest BCUT2D eigenvalue weighted by Crippen LogP contribution is -2.48. The zero-order valence-corrected chi connectivity index (χ0v) is 12.0. The van der Waals surface area contributed by atoms with Crippen molar-refractivity contribution in [2.45, 2.75) is 25.8 Å². The molecule has 0 aliphatic carbocycles. The van der Waals surface area contributed by atoms with Crippen LogP contribution in [0, 0.1) is 5.92 Å². The zero-order chi connectivity index (χ0) is 12.8. The highest BCUT2D eigenvalue weighted by atomic mass is 16.5. The molecule has 2 unspecified atom stereocenters. The van der Waals surface area contributed by atoms with Crippen LogP contribution in [0.15, 0.2) is 0 Å². The molecule has 2 rings (SSSR count). The van der Waals surface area contributed by atoms with Gasteiger partial charge in [-0.1, -0.05) is 6.92 Å². The van der Waals surface area contributed by atoms with Gasteiger partial charge in [-0.05, 0) is 39.5 Å². The van der Waals surface area contributed by atoms with Gasteiger partial charge in [-0.3, -0.25) is 0 Å². The summed E-state index contributed by atoms with van der Waals surface area (Å²) in [4.78, 5) is 5.08. The molecule has 2 aliphatic rings. The van der Waals surface area contributed by atoms with Crippen LogP contribution in [0.25, 0.3) is 0 Å². The second-order valence-corrected chi connectivity index (χ2v) is 5.75. The van der Waals surface area contributed by atoms with E-state index in [1.54, 1.807) is 0 Å². The van der Waals surface area contributed by atoms with E-state index in [2.05, 4.69) is 29.1 Å². The fraction of sp³-hybridized carbons (Fsp3) is 1.00. The first kappa shape index (κ1) is 14.3. The Balaban J connectivity index is 1.82.